The molecule has 0 atom stereocenters. The summed E-state index contributed by atoms with van der Waals surface area (Å²) < 4.78 is 6.38. The highest BCUT2D eigenvalue weighted by molar-refractivity contribution is 9.11. The van der Waals surface area contributed by atoms with Crippen LogP contribution in [0.1, 0.15) is 0 Å². The second-order valence-electron chi connectivity index (χ2n) is 4.75. The molecule has 0 spiro atoms. The zero-order valence-corrected chi connectivity index (χ0v) is 15.5. The van der Waals surface area contributed by atoms with Gasteiger partial charge in [-0.05, 0) is 63.6 Å². The van der Waals surface area contributed by atoms with E-state index in [0.29, 0.717) is 0 Å². The molecule has 3 aromatic rings. The number of methoxy groups -OCH3 is 1. The van der Waals surface area contributed by atoms with E-state index < -0.39 is 0 Å². The third-order valence-electron chi connectivity index (χ3n) is 3.46. The van der Waals surface area contributed by atoms with E-state index in [-0.39, 0.29) is 0 Å². The average Bonchev–Trinajstić information content (AvgIpc) is 2.97. The van der Waals surface area contributed by atoms with Crippen LogP contribution in [0.5, 0.6) is 5.75 Å². The largest absolute Gasteiger partial charge is 0.497 e. The van der Waals surface area contributed by atoms with Crippen molar-refractivity contribution in [3.05, 3.63) is 58.4 Å². The standard InChI is InChI=1S/C18H15BrOS2/c1-20-14-7-3-12(4-8-14)16-11-17(19)22-18(16)13-5-9-15(21-2)10-6-13/h3-11H,1-2H3. The first-order chi connectivity index (χ1) is 10.7. The molecule has 0 fully saturated rings. The van der Waals surface area contributed by atoms with Crippen LogP contribution in [0.4, 0.5) is 0 Å². The number of thioether (sulfide) groups is 1. The van der Waals surface area contributed by atoms with Crippen LogP contribution >= 0.6 is 39.0 Å². The maximum atomic E-state index is 5.24. The van der Waals surface area contributed by atoms with E-state index in [9.17, 15) is 0 Å². The molecule has 0 radical (unpaired) electrons. The van der Waals surface area contributed by atoms with Gasteiger partial charge in [-0.15, -0.1) is 23.1 Å². The molecule has 22 heavy (non-hydrogen) atoms. The molecule has 0 amide bonds. The number of benzene rings is 2. The molecule has 3 rings (SSSR count). The third-order valence-corrected chi connectivity index (χ3v) is 5.89. The molecular formula is C18H15BrOS2. The summed E-state index contributed by atoms with van der Waals surface area (Å²) in [5, 5.41) is 0. The van der Waals surface area contributed by atoms with E-state index in [1.165, 1.54) is 26.5 Å². The van der Waals surface area contributed by atoms with E-state index in [1.807, 2.05) is 12.1 Å². The molecule has 1 aromatic heterocycles. The number of hydrogen-bond donors (Lipinski definition) is 0. The second kappa shape index (κ2) is 6.90. The number of thiophene rings is 1. The molecule has 1 nitrogen and oxygen atoms in total. The summed E-state index contributed by atoms with van der Waals surface area (Å²) in [5.41, 5.74) is 3.70. The van der Waals surface area contributed by atoms with Gasteiger partial charge >= 0.3 is 0 Å². The summed E-state index contributed by atoms with van der Waals surface area (Å²) in [5.74, 6) is 0.879. The maximum Gasteiger partial charge on any atom is 0.118 e. The lowest BCUT2D eigenvalue weighted by Crippen LogP contribution is -1.83. The average molecular weight is 391 g/mol. The van der Waals surface area contributed by atoms with Gasteiger partial charge in [0, 0.05) is 15.3 Å². The quantitative estimate of drug-likeness (QED) is 0.465. The Morgan fingerprint density at radius 2 is 1.59 bits per heavy atom. The predicted molar refractivity (Wildman–Crippen MR) is 101 cm³/mol. The minimum atomic E-state index is 0.879. The van der Waals surface area contributed by atoms with Crippen LogP contribution in [0, 0.1) is 0 Å². The van der Waals surface area contributed by atoms with Crippen molar-refractivity contribution < 1.29 is 4.74 Å². The Balaban J connectivity index is 2.04. The third kappa shape index (κ3) is 3.24. The van der Waals surface area contributed by atoms with Crippen molar-refractivity contribution in [2.24, 2.45) is 0 Å². The molecule has 0 aliphatic rings. The molecule has 0 aliphatic heterocycles. The lowest BCUT2D eigenvalue weighted by atomic mass is 10.0. The molecule has 2 aromatic carbocycles. The second-order valence-corrected chi connectivity index (χ2v) is 8.06. The van der Waals surface area contributed by atoms with Gasteiger partial charge in [0.15, 0.2) is 0 Å². The lowest BCUT2D eigenvalue weighted by molar-refractivity contribution is 0.415. The van der Waals surface area contributed by atoms with Crippen molar-refractivity contribution in [1.82, 2.24) is 0 Å². The highest BCUT2D eigenvalue weighted by Gasteiger charge is 2.12. The number of halogens is 1. The summed E-state index contributed by atoms with van der Waals surface area (Å²) in [6, 6.07) is 19.1. The van der Waals surface area contributed by atoms with E-state index in [2.05, 4.69) is 64.7 Å². The number of rotatable bonds is 4. The molecule has 0 bridgehead atoms. The Bertz CT molecular complexity index is 696. The Morgan fingerprint density at radius 1 is 0.955 bits per heavy atom. The fraction of sp³-hybridized carbons (Fsp3) is 0.111. The molecular weight excluding hydrogens is 376 g/mol. The fourth-order valence-electron chi connectivity index (χ4n) is 2.30. The minimum Gasteiger partial charge on any atom is -0.497 e. The summed E-state index contributed by atoms with van der Waals surface area (Å²) in [7, 11) is 1.69. The van der Waals surface area contributed by atoms with E-state index >= 15 is 0 Å². The molecule has 1 heterocycles. The van der Waals surface area contributed by atoms with Gasteiger partial charge in [-0.1, -0.05) is 24.3 Å². The van der Waals surface area contributed by atoms with E-state index in [1.54, 1.807) is 30.2 Å². The Morgan fingerprint density at radius 3 is 2.18 bits per heavy atom. The fourth-order valence-corrected chi connectivity index (χ4v) is 4.34. The first kappa shape index (κ1) is 15.7. The van der Waals surface area contributed by atoms with Crippen LogP contribution in [-0.4, -0.2) is 13.4 Å². The van der Waals surface area contributed by atoms with Gasteiger partial charge in [0.2, 0.25) is 0 Å². The monoisotopic (exact) mass is 390 g/mol. The zero-order chi connectivity index (χ0) is 15.5. The molecule has 0 saturated heterocycles. The van der Waals surface area contributed by atoms with Crippen LogP contribution < -0.4 is 4.74 Å². The molecule has 0 saturated carbocycles. The van der Waals surface area contributed by atoms with Crippen LogP contribution in [0.3, 0.4) is 0 Å². The molecule has 112 valence electrons. The van der Waals surface area contributed by atoms with Crippen LogP contribution in [0.15, 0.2) is 63.3 Å². The van der Waals surface area contributed by atoms with Crippen LogP contribution in [0.25, 0.3) is 21.6 Å². The summed E-state index contributed by atoms with van der Waals surface area (Å²) in [4.78, 5) is 2.56. The topological polar surface area (TPSA) is 9.23 Å². The Hall–Kier alpha value is -1.23. The molecule has 0 aliphatic carbocycles. The number of hydrogen-bond acceptors (Lipinski definition) is 3. The van der Waals surface area contributed by atoms with Crippen molar-refractivity contribution in [3.8, 4) is 27.3 Å². The first-order valence-electron chi connectivity index (χ1n) is 6.79. The van der Waals surface area contributed by atoms with Gasteiger partial charge in [-0.3, -0.25) is 0 Å². The van der Waals surface area contributed by atoms with E-state index in [0.717, 1.165) is 9.54 Å². The van der Waals surface area contributed by atoms with Crippen LogP contribution in [0.2, 0.25) is 0 Å². The molecule has 4 heteroatoms. The molecule has 0 unspecified atom stereocenters. The van der Waals surface area contributed by atoms with E-state index in [4.69, 9.17) is 4.74 Å². The van der Waals surface area contributed by atoms with Gasteiger partial charge in [0.25, 0.3) is 0 Å². The van der Waals surface area contributed by atoms with Crippen molar-refractivity contribution in [2.45, 2.75) is 4.90 Å². The van der Waals surface area contributed by atoms with Crippen molar-refractivity contribution in [1.29, 1.82) is 0 Å². The first-order valence-corrected chi connectivity index (χ1v) is 9.63. The van der Waals surface area contributed by atoms with Gasteiger partial charge in [-0.2, -0.15) is 0 Å². The van der Waals surface area contributed by atoms with Crippen molar-refractivity contribution in [2.75, 3.05) is 13.4 Å². The summed E-state index contributed by atoms with van der Waals surface area (Å²) >= 11 is 7.15. The predicted octanol–water partition coefficient (Wildman–Crippen LogP) is 6.58. The number of ether oxygens (including phenoxy) is 1. The van der Waals surface area contributed by atoms with Crippen molar-refractivity contribution in [3.63, 3.8) is 0 Å². The lowest BCUT2D eigenvalue weighted by Gasteiger charge is -2.06. The summed E-state index contributed by atoms with van der Waals surface area (Å²) in [6.45, 7) is 0. The van der Waals surface area contributed by atoms with Gasteiger partial charge in [0.05, 0.1) is 10.9 Å². The minimum absolute atomic E-state index is 0.879. The normalized spacial score (nSPS) is 10.7. The highest BCUT2D eigenvalue weighted by Crippen LogP contribution is 2.42. The van der Waals surface area contributed by atoms with Crippen molar-refractivity contribution >= 4 is 39.0 Å². The van der Waals surface area contributed by atoms with Crippen LogP contribution in [-0.2, 0) is 0 Å². The SMILES string of the molecule is COc1ccc(-c2cc(Br)sc2-c2ccc(SC)cc2)cc1. The smallest absolute Gasteiger partial charge is 0.118 e. The highest BCUT2D eigenvalue weighted by atomic mass is 79.9. The maximum absolute atomic E-state index is 5.24. The van der Waals surface area contributed by atoms with Gasteiger partial charge in [0.1, 0.15) is 5.75 Å². The van der Waals surface area contributed by atoms with Gasteiger partial charge in [-0.25, -0.2) is 0 Å². The Kier molecular flexibility index (Phi) is 4.91. The van der Waals surface area contributed by atoms with Gasteiger partial charge < -0.3 is 4.74 Å². The zero-order valence-electron chi connectivity index (χ0n) is 12.3. The molecule has 0 N–H and O–H groups in total. The Labute approximate surface area is 147 Å². The summed E-state index contributed by atoms with van der Waals surface area (Å²) in [6.07, 6.45) is 2.10.